The van der Waals surface area contributed by atoms with Gasteiger partial charge >= 0.3 is 0 Å². The van der Waals surface area contributed by atoms with Gasteiger partial charge in [-0.1, -0.05) is 19.3 Å². The number of carbonyl (C=O) groups is 1. The first-order chi connectivity index (χ1) is 7.69. The van der Waals surface area contributed by atoms with Gasteiger partial charge in [0.2, 0.25) is 5.91 Å². The third kappa shape index (κ3) is 1.56. The molecule has 0 aromatic carbocycles. The molecule has 2 atom stereocenters. The number of likely N-dealkylation sites (tertiary alicyclic amines) is 1. The topological polar surface area (TPSA) is 46.3 Å². The molecule has 3 rings (SSSR count). The van der Waals surface area contributed by atoms with Crippen LogP contribution in [-0.4, -0.2) is 29.4 Å². The van der Waals surface area contributed by atoms with Crippen LogP contribution in [0.1, 0.15) is 44.9 Å². The molecule has 0 aromatic rings. The van der Waals surface area contributed by atoms with Crippen molar-refractivity contribution in [3.63, 3.8) is 0 Å². The van der Waals surface area contributed by atoms with Crippen molar-refractivity contribution < 1.29 is 4.79 Å². The molecule has 2 N–H and O–H groups in total. The highest BCUT2D eigenvalue weighted by Crippen LogP contribution is 2.39. The van der Waals surface area contributed by atoms with Gasteiger partial charge in [-0.3, -0.25) is 4.79 Å². The van der Waals surface area contributed by atoms with E-state index in [2.05, 4.69) is 4.90 Å². The zero-order valence-electron chi connectivity index (χ0n) is 9.95. The van der Waals surface area contributed by atoms with E-state index in [1.165, 1.54) is 19.3 Å². The maximum absolute atomic E-state index is 12.4. The average molecular weight is 222 g/mol. The zero-order chi connectivity index (χ0) is 11.2. The number of nitrogens with zero attached hydrogens (tertiary/aromatic N) is 1. The minimum atomic E-state index is -0.501. The van der Waals surface area contributed by atoms with E-state index < -0.39 is 5.54 Å². The van der Waals surface area contributed by atoms with Gasteiger partial charge in [-0.25, -0.2) is 0 Å². The average Bonchev–Trinajstić information content (AvgIpc) is 2.90. The van der Waals surface area contributed by atoms with Crippen LogP contribution in [-0.2, 0) is 4.79 Å². The maximum atomic E-state index is 12.4. The van der Waals surface area contributed by atoms with Crippen LogP contribution in [0, 0.1) is 11.8 Å². The molecule has 2 unspecified atom stereocenters. The summed E-state index contributed by atoms with van der Waals surface area (Å²) in [6.07, 6.45) is 8.07. The monoisotopic (exact) mass is 222 g/mol. The molecule has 2 saturated carbocycles. The van der Waals surface area contributed by atoms with Crippen molar-refractivity contribution in [1.82, 2.24) is 4.90 Å². The summed E-state index contributed by atoms with van der Waals surface area (Å²) in [5, 5.41) is 0. The van der Waals surface area contributed by atoms with Crippen LogP contribution in [0.2, 0.25) is 0 Å². The lowest BCUT2D eigenvalue weighted by atomic mass is 9.97. The molecule has 0 bridgehead atoms. The highest BCUT2D eigenvalue weighted by molar-refractivity contribution is 5.86. The van der Waals surface area contributed by atoms with E-state index in [1.54, 1.807) is 0 Å². The van der Waals surface area contributed by atoms with Crippen molar-refractivity contribution >= 4 is 5.91 Å². The molecule has 3 fully saturated rings. The molecule has 0 radical (unpaired) electrons. The Morgan fingerprint density at radius 3 is 2.19 bits per heavy atom. The molecular weight excluding hydrogens is 200 g/mol. The fourth-order valence-electron chi connectivity index (χ4n) is 3.94. The zero-order valence-corrected chi connectivity index (χ0v) is 9.95. The van der Waals surface area contributed by atoms with E-state index >= 15 is 0 Å². The van der Waals surface area contributed by atoms with E-state index in [4.69, 9.17) is 5.73 Å². The van der Waals surface area contributed by atoms with Crippen molar-refractivity contribution in [2.45, 2.75) is 50.5 Å². The molecule has 90 valence electrons. The highest BCUT2D eigenvalue weighted by Gasteiger charge is 2.45. The minimum absolute atomic E-state index is 0.249. The summed E-state index contributed by atoms with van der Waals surface area (Å²) in [5.41, 5.74) is 5.74. The number of hydrogen-bond donors (Lipinski definition) is 1. The first kappa shape index (κ1) is 10.6. The van der Waals surface area contributed by atoms with E-state index in [-0.39, 0.29) is 5.91 Å². The Morgan fingerprint density at radius 1 is 1.06 bits per heavy atom. The fraction of sp³-hybridized carbons (Fsp3) is 0.923. The molecule has 1 amide bonds. The smallest absolute Gasteiger partial charge is 0.242 e. The summed E-state index contributed by atoms with van der Waals surface area (Å²) in [6.45, 7) is 1.98. The summed E-state index contributed by atoms with van der Waals surface area (Å²) in [5.74, 6) is 1.82. The van der Waals surface area contributed by atoms with Crippen molar-refractivity contribution in [2.75, 3.05) is 13.1 Å². The van der Waals surface area contributed by atoms with E-state index in [0.717, 1.165) is 50.6 Å². The largest absolute Gasteiger partial charge is 0.341 e. The van der Waals surface area contributed by atoms with Crippen LogP contribution in [0.4, 0.5) is 0 Å². The standard InChI is InChI=1S/C13H22N2O/c14-13(6-1-2-7-13)12(16)15-8-10-4-3-5-11(10)9-15/h10-11H,1-9,14H2. The van der Waals surface area contributed by atoms with Crippen molar-refractivity contribution in [2.24, 2.45) is 17.6 Å². The molecular formula is C13H22N2O. The van der Waals surface area contributed by atoms with Crippen LogP contribution in [0.15, 0.2) is 0 Å². The predicted octanol–water partition coefficient (Wildman–Crippen LogP) is 1.52. The normalized spacial score (nSPS) is 36.7. The van der Waals surface area contributed by atoms with Gasteiger partial charge in [0.25, 0.3) is 0 Å². The van der Waals surface area contributed by atoms with Gasteiger partial charge in [-0.2, -0.15) is 0 Å². The summed E-state index contributed by atoms with van der Waals surface area (Å²) in [7, 11) is 0. The molecule has 16 heavy (non-hydrogen) atoms. The summed E-state index contributed by atoms with van der Waals surface area (Å²) in [6, 6.07) is 0. The molecule has 3 aliphatic rings. The molecule has 3 heteroatoms. The molecule has 0 spiro atoms. The van der Waals surface area contributed by atoms with Gasteiger partial charge in [-0.15, -0.1) is 0 Å². The number of rotatable bonds is 1. The summed E-state index contributed by atoms with van der Waals surface area (Å²) >= 11 is 0. The number of nitrogens with two attached hydrogens (primary N) is 1. The lowest BCUT2D eigenvalue weighted by Crippen LogP contribution is -2.53. The molecule has 1 saturated heterocycles. The lowest BCUT2D eigenvalue weighted by Gasteiger charge is -2.29. The molecule has 2 aliphatic carbocycles. The van der Waals surface area contributed by atoms with E-state index in [9.17, 15) is 4.79 Å². The fourth-order valence-corrected chi connectivity index (χ4v) is 3.94. The van der Waals surface area contributed by atoms with Crippen LogP contribution in [0.25, 0.3) is 0 Å². The van der Waals surface area contributed by atoms with Crippen molar-refractivity contribution in [1.29, 1.82) is 0 Å². The maximum Gasteiger partial charge on any atom is 0.242 e. The van der Waals surface area contributed by atoms with Crippen molar-refractivity contribution in [3.05, 3.63) is 0 Å². The Kier molecular flexibility index (Phi) is 2.46. The number of amides is 1. The lowest BCUT2D eigenvalue weighted by molar-refractivity contribution is -0.136. The summed E-state index contributed by atoms with van der Waals surface area (Å²) < 4.78 is 0. The third-order valence-corrected chi connectivity index (χ3v) is 4.94. The van der Waals surface area contributed by atoms with Gasteiger partial charge in [0.15, 0.2) is 0 Å². The second-order valence-corrected chi connectivity index (χ2v) is 6.02. The van der Waals surface area contributed by atoms with Crippen molar-refractivity contribution in [3.8, 4) is 0 Å². The van der Waals surface area contributed by atoms with Crippen LogP contribution >= 0.6 is 0 Å². The Bertz CT molecular complexity index is 284. The number of hydrogen-bond acceptors (Lipinski definition) is 2. The van der Waals surface area contributed by atoms with Gasteiger partial charge < -0.3 is 10.6 Å². The minimum Gasteiger partial charge on any atom is -0.341 e. The molecule has 1 heterocycles. The second kappa shape index (κ2) is 3.73. The van der Waals surface area contributed by atoms with Gasteiger partial charge in [0.1, 0.15) is 0 Å². The Labute approximate surface area is 97.4 Å². The van der Waals surface area contributed by atoms with Gasteiger partial charge in [0.05, 0.1) is 5.54 Å². The van der Waals surface area contributed by atoms with Gasteiger partial charge in [0, 0.05) is 13.1 Å². The Balaban J connectivity index is 1.68. The molecule has 1 aliphatic heterocycles. The SMILES string of the molecule is NC1(C(=O)N2CC3CCCC3C2)CCCC1. The highest BCUT2D eigenvalue weighted by atomic mass is 16.2. The quantitative estimate of drug-likeness (QED) is 0.731. The Morgan fingerprint density at radius 2 is 1.62 bits per heavy atom. The Hall–Kier alpha value is -0.570. The first-order valence-corrected chi connectivity index (χ1v) is 6.77. The summed E-state index contributed by atoms with van der Waals surface area (Å²) in [4.78, 5) is 14.5. The third-order valence-electron chi connectivity index (χ3n) is 4.94. The number of fused-ring (bicyclic) bond motifs is 1. The van der Waals surface area contributed by atoms with Crippen LogP contribution in [0.3, 0.4) is 0 Å². The predicted molar refractivity (Wildman–Crippen MR) is 62.8 cm³/mol. The first-order valence-electron chi connectivity index (χ1n) is 6.77. The van der Waals surface area contributed by atoms with E-state index in [1.807, 2.05) is 0 Å². The van der Waals surface area contributed by atoms with Crippen LogP contribution in [0.5, 0.6) is 0 Å². The van der Waals surface area contributed by atoms with Gasteiger partial charge in [-0.05, 0) is 37.5 Å². The second-order valence-electron chi connectivity index (χ2n) is 6.02. The molecule has 3 nitrogen and oxygen atoms in total. The number of carbonyl (C=O) groups excluding carboxylic acids is 1. The molecule has 0 aromatic heterocycles. The van der Waals surface area contributed by atoms with E-state index in [0.29, 0.717) is 0 Å². The van der Waals surface area contributed by atoms with Crippen LogP contribution < -0.4 is 5.73 Å².